The van der Waals surface area contributed by atoms with Crippen molar-refractivity contribution in [2.24, 2.45) is 0 Å². The molecule has 0 saturated carbocycles. The molecule has 0 unspecified atom stereocenters. The normalized spacial score (nSPS) is 11.0. The lowest BCUT2D eigenvalue weighted by Crippen LogP contribution is -1.97. The summed E-state index contributed by atoms with van der Waals surface area (Å²) in [6.07, 6.45) is 0.640. The van der Waals surface area contributed by atoms with Crippen LogP contribution in [0.4, 0.5) is 0 Å². The third-order valence-corrected chi connectivity index (χ3v) is 3.76. The molecule has 0 aliphatic heterocycles. The topological polar surface area (TPSA) is 35.3 Å². The molecule has 0 saturated heterocycles. The number of aromatic nitrogens is 1. The van der Waals surface area contributed by atoms with Crippen LogP contribution >= 0.6 is 23.2 Å². The zero-order valence-electron chi connectivity index (χ0n) is 11.2. The van der Waals surface area contributed by atoms with E-state index in [2.05, 4.69) is 5.16 Å². The van der Waals surface area contributed by atoms with Gasteiger partial charge in [0.1, 0.15) is 12.4 Å². The van der Waals surface area contributed by atoms with Gasteiger partial charge in [-0.1, -0.05) is 41.0 Å². The molecule has 3 nitrogen and oxygen atoms in total. The van der Waals surface area contributed by atoms with E-state index in [0.29, 0.717) is 29.5 Å². The third kappa shape index (κ3) is 2.99. The highest BCUT2D eigenvalue weighted by Crippen LogP contribution is 2.30. The summed E-state index contributed by atoms with van der Waals surface area (Å²) in [6.45, 7) is 0.393. The van der Waals surface area contributed by atoms with Gasteiger partial charge in [0.25, 0.3) is 0 Å². The van der Waals surface area contributed by atoms with Crippen LogP contribution in [0.25, 0.3) is 11.0 Å². The average molecular weight is 322 g/mol. The van der Waals surface area contributed by atoms with Crippen LogP contribution in [-0.2, 0) is 13.0 Å². The summed E-state index contributed by atoms with van der Waals surface area (Å²) in [6, 6.07) is 13.2. The average Bonchev–Trinajstić information content (AvgIpc) is 2.91. The van der Waals surface area contributed by atoms with Gasteiger partial charge in [-0.15, -0.1) is 11.6 Å². The predicted molar refractivity (Wildman–Crippen MR) is 84.2 cm³/mol. The molecule has 0 fully saturated rings. The van der Waals surface area contributed by atoms with Crippen molar-refractivity contribution in [3.8, 4) is 5.75 Å². The molecule has 108 valence electrons. The summed E-state index contributed by atoms with van der Waals surface area (Å²) in [4.78, 5) is 0. The van der Waals surface area contributed by atoms with Crippen LogP contribution in [0.1, 0.15) is 11.3 Å². The highest BCUT2D eigenvalue weighted by atomic mass is 35.5. The fourth-order valence-electron chi connectivity index (χ4n) is 2.17. The molecular weight excluding hydrogens is 309 g/mol. The Balaban J connectivity index is 1.90. The van der Waals surface area contributed by atoms with Crippen LogP contribution in [0, 0.1) is 0 Å². The minimum Gasteiger partial charge on any atom is -0.488 e. The first-order valence-corrected chi connectivity index (χ1v) is 7.50. The van der Waals surface area contributed by atoms with Gasteiger partial charge in [-0.3, -0.25) is 0 Å². The molecule has 0 amide bonds. The van der Waals surface area contributed by atoms with Gasteiger partial charge in [0.05, 0.1) is 11.1 Å². The van der Waals surface area contributed by atoms with Crippen molar-refractivity contribution in [2.75, 3.05) is 5.88 Å². The van der Waals surface area contributed by atoms with Crippen molar-refractivity contribution < 1.29 is 9.26 Å². The maximum atomic E-state index is 6.14. The summed E-state index contributed by atoms with van der Waals surface area (Å²) in [5, 5.41) is 5.62. The van der Waals surface area contributed by atoms with Crippen molar-refractivity contribution in [1.82, 2.24) is 5.16 Å². The lowest BCUT2D eigenvalue weighted by molar-refractivity contribution is 0.310. The fraction of sp³-hybridized carbons (Fsp3) is 0.188. The van der Waals surface area contributed by atoms with E-state index in [1.54, 1.807) is 0 Å². The van der Waals surface area contributed by atoms with Gasteiger partial charge < -0.3 is 9.26 Å². The lowest BCUT2D eigenvalue weighted by atomic mass is 10.1. The molecule has 5 heteroatoms. The first-order chi connectivity index (χ1) is 10.3. The van der Waals surface area contributed by atoms with E-state index in [4.69, 9.17) is 32.5 Å². The third-order valence-electron chi connectivity index (χ3n) is 3.20. The SMILES string of the molecule is ClCCc1noc2cccc(OCc3ccccc3Cl)c12. The number of aryl methyl sites for hydroxylation is 1. The van der Waals surface area contributed by atoms with Crippen LogP contribution in [0.5, 0.6) is 5.75 Å². The maximum Gasteiger partial charge on any atom is 0.170 e. The van der Waals surface area contributed by atoms with Crippen molar-refractivity contribution in [3.63, 3.8) is 0 Å². The molecule has 21 heavy (non-hydrogen) atoms. The zero-order chi connectivity index (χ0) is 14.7. The second-order valence-corrected chi connectivity index (χ2v) is 5.36. The van der Waals surface area contributed by atoms with Crippen molar-refractivity contribution in [1.29, 1.82) is 0 Å². The van der Waals surface area contributed by atoms with E-state index in [9.17, 15) is 0 Å². The van der Waals surface area contributed by atoms with Gasteiger partial charge in [0, 0.05) is 22.9 Å². The number of ether oxygens (including phenoxy) is 1. The Morgan fingerprint density at radius 2 is 1.95 bits per heavy atom. The van der Waals surface area contributed by atoms with Crippen LogP contribution in [0.15, 0.2) is 47.0 Å². The van der Waals surface area contributed by atoms with Crippen LogP contribution in [0.3, 0.4) is 0 Å². The lowest BCUT2D eigenvalue weighted by Gasteiger charge is -2.09. The molecule has 2 aromatic carbocycles. The van der Waals surface area contributed by atoms with E-state index < -0.39 is 0 Å². The summed E-state index contributed by atoms with van der Waals surface area (Å²) >= 11 is 11.9. The number of hydrogen-bond donors (Lipinski definition) is 0. The van der Waals surface area contributed by atoms with Gasteiger partial charge in [0.2, 0.25) is 0 Å². The van der Waals surface area contributed by atoms with E-state index in [1.165, 1.54) is 0 Å². The standard InChI is InChI=1S/C16H13Cl2NO2/c17-9-8-13-16-14(6-3-7-15(16)21-19-13)20-10-11-4-1-2-5-12(11)18/h1-7H,8-10H2. The Bertz CT molecular complexity index is 755. The van der Waals surface area contributed by atoms with Crippen molar-refractivity contribution in [3.05, 3.63) is 58.7 Å². The highest BCUT2D eigenvalue weighted by molar-refractivity contribution is 6.31. The minimum absolute atomic E-state index is 0.393. The molecule has 0 N–H and O–H groups in total. The zero-order valence-corrected chi connectivity index (χ0v) is 12.7. The predicted octanol–water partition coefficient (Wildman–Crippen LogP) is 4.84. The van der Waals surface area contributed by atoms with Gasteiger partial charge in [-0.05, 0) is 18.2 Å². The molecule has 0 atom stereocenters. The molecule has 0 spiro atoms. The Hall–Kier alpha value is -1.71. The fourth-order valence-corrected chi connectivity index (χ4v) is 2.54. The Morgan fingerprint density at radius 1 is 1.10 bits per heavy atom. The molecule has 1 heterocycles. The van der Waals surface area contributed by atoms with Crippen molar-refractivity contribution >= 4 is 34.2 Å². The molecule has 0 aliphatic carbocycles. The second-order valence-electron chi connectivity index (χ2n) is 4.58. The number of rotatable bonds is 5. The number of benzene rings is 2. The number of nitrogens with zero attached hydrogens (tertiary/aromatic N) is 1. The Kier molecular flexibility index (Phi) is 4.32. The van der Waals surface area contributed by atoms with Crippen LogP contribution in [-0.4, -0.2) is 11.0 Å². The van der Waals surface area contributed by atoms with Gasteiger partial charge in [0.15, 0.2) is 5.58 Å². The molecule has 0 radical (unpaired) electrons. The quantitative estimate of drug-likeness (QED) is 0.630. The Labute approximate surface area is 132 Å². The molecular formula is C16H13Cl2NO2. The number of halogens is 2. The van der Waals surface area contributed by atoms with E-state index in [-0.39, 0.29) is 0 Å². The smallest absolute Gasteiger partial charge is 0.170 e. The minimum atomic E-state index is 0.393. The molecule has 1 aromatic heterocycles. The summed E-state index contributed by atoms with van der Waals surface area (Å²) in [5.74, 6) is 1.22. The Morgan fingerprint density at radius 3 is 2.76 bits per heavy atom. The molecule has 0 aliphatic rings. The van der Waals surface area contributed by atoms with E-state index in [0.717, 1.165) is 22.4 Å². The first kappa shape index (κ1) is 14.2. The van der Waals surface area contributed by atoms with E-state index >= 15 is 0 Å². The first-order valence-electron chi connectivity index (χ1n) is 6.59. The summed E-state index contributed by atoms with van der Waals surface area (Å²) < 4.78 is 11.2. The highest BCUT2D eigenvalue weighted by Gasteiger charge is 2.13. The number of fused-ring (bicyclic) bond motifs is 1. The van der Waals surface area contributed by atoms with Gasteiger partial charge >= 0.3 is 0 Å². The number of hydrogen-bond acceptors (Lipinski definition) is 3. The summed E-state index contributed by atoms with van der Waals surface area (Å²) in [5.41, 5.74) is 2.45. The number of alkyl halides is 1. The van der Waals surface area contributed by atoms with Gasteiger partial charge in [-0.2, -0.15) is 0 Å². The summed E-state index contributed by atoms with van der Waals surface area (Å²) in [7, 11) is 0. The largest absolute Gasteiger partial charge is 0.488 e. The van der Waals surface area contributed by atoms with Gasteiger partial charge in [-0.25, -0.2) is 0 Å². The second kappa shape index (κ2) is 6.37. The maximum absolute atomic E-state index is 6.14. The van der Waals surface area contributed by atoms with Crippen molar-refractivity contribution in [2.45, 2.75) is 13.0 Å². The monoisotopic (exact) mass is 321 g/mol. The van der Waals surface area contributed by atoms with Crippen LogP contribution in [0.2, 0.25) is 5.02 Å². The molecule has 0 bridgehead atoms. The molecule has 3 rings (SSSR count). The molecule has 3 aromatic rings. The van der Waals surface area contributed by atoms with E-state index in [1.807, 2.05) is 42.5 Å². The van der Waals surface area contributed by atoms with Crippen LogP contribution < -0.4 is 4.74 Å².